The van der Waals surface area contributed by atoms with Crippen molar-refractivity contribution < 1.29 is 14.6 Å². The van der Waals surface area contributed by atoms with E-state index in [4.69, 9.17) is 15.7 Å². The maximum atomic E-state index is 11.4. The lowest BCUT2D eigenvalue weighted by atomic mass is 9.98. The Labute approximate surface area is 99.4 Å². The van der Waals surface area contributed by atoms with Crippen LogP contribution >= 0.6 is 0 Å². The number of nitrogens with two attached hydrogens (primary N) is 1. The molecule has 0 saturated heterocycles. The zero-order valence-electron chi connectivity index (χ0n) is 9.56. The average Bonchev–Trinajstić information content (AvgIpc) is 2.31. The van der Waals surface area contributed by atoms with Crippen LogP contribution < -0.4 is 5.73 Å². The van der Waals surface area contributed by atoms with Crippen LogP contribution in [0.4, 0.5) is 0 Å². The molecule has 17 heavy (non-hydrogen) atoms. The zero-order chi connectivity index (χ0) is 12.8. The molecular weight excluding hydrogens is 220 g/mol. The van der Waals surface area contributed by atoms with Crippen molar-refractivity contribution in [1.82, 2.24) is 0 Å². The first kappa shape index (κ1) is 13.0. The number of phenolic OH excluding ortho intramolecular Hbond substituents is 1. The van der Waals surface area contributed by atoms with E-state index < -0.39 is 5.97 Å². The van der Waals surface area contributed by atoms with E-state index in [1.54, 1.807) is 13.0 Å². The molecule has 1 aromatic rings. The third kappa shape index (κ3) is 2.95. The van der Waals surface area contributed by atoms with Crippen molar-refractivity contribution in [2.75, 3.05) is 6.61 Å². The van der Waals surface area contributed by atoms with E-state index in [2.05, 4.69) is 0 Å². The second-order valence-corrected chi connectivity index (χ2v) is 3.40. The van der Waals surface area contributed by atoms with Crippen molar-refractivity contribution >= 4 is 5.97 Å². The molecule has 0 aliphatic rings. The number of esters is 1. The first-order valence-corrected chi connectivity index (χ1v) is 5.23. The van der Waals surface area contributed by atoms with Gasteiger partial charge in [0.2, 0.25) is 0 Å². The van der Waals surface area contributed by atoms with Crippen molar-refractivity contribution in [3.63, 3.8) is 0 Å². The minimum absolute atomic E-state index is 0.0909. The van der Waals surface area contributed by atoms with Gasteiger partial charge < -0.3 is 15.6 Å². The van der Waals surface area contributed by atoms with E-state index in [1.807, 2.05) is 6.07 Å². The summed E-state index contributed by atoms with van der Waals surface area (Å²) in [4.78, 5) is 11.4. The van der Waals surface area contributed by atoms with Crippen LogP contribution in [0.15, 0.2) is 12.1 Å². The molecule has 3 N–H and O–H groups in total. The van der Waals surface area contributed by atoms with Crippen molar-refractivity contribution in [2.45, 2.75) is 19.9 Å². The Kier molecular flexibility index (Phi) is 4.49. The van der Waals surface area contributed by atoms with E-state index >= 15 is 0 Å². The summed E-state index contributed by atoms with van der Waals surface area (Å²) < 4.78 is 4.78. The first-order valence-electron chi connectivity index (χ1n) is 5.23. The lowest BCUT2D eigenvalue weighted by molar-refractivity contribution is -0.142. The highest BCUT2D eigenvalue weighted by Crippen LogP contribution is 2.24. The fourth-order valence-corrected chi connectivity index (χ4v) is 1.53. The van der Waals surface area contributed by atoms with Crippen LogP contribution in [0.5, 0.6) is 5.75 Å². The van der Waals surface area contributed by atoms with Gasteiger partial charge in [-0.15, -0.1) is 0 Å². The topological polar surface area (TPSA) is 96.3 Å². The summed E-state index contributed by atoms with van der Waals surface area (Å²) in [5, 5.41) is 18.7. The van der Waals surface area contributed by atoms with E-state index in [-0.39, 0.29) is 36.4 Å². The number of nitrogens with zero attached hydrogens (tertiary/aromatic N) is 1. The predicted molar refractivity (Wildman–Crippen MR) is 61.1 cm³/mol. The highest BCUT2D eigenvalue weighted by Gasteiger charge is 2.16. The van der Waals surface area contributed by atoms with Crippen LogP contribution in [-0.4, -0.2) is 17.7 Å². The summed E-state index contributed by atoms with van der Waals surface area (Å²) in [5.41, 5.74) is 6.61. The number of ether oxygens (including phenoxy) is 1. The van der Waals surface area contributed by atoms with Gasteiger partial charge in [0.15, 0.2) is 0 Å². The van der Waals surface area contributed by atoms with Crippen LogP contribution in [0.25, 0.3) is 0 Å². The third-order valence-electron chi connectivity index (χ3n) is 2.33. The van der Waals surface area contributed by atoms with Gasteiger partial charge in [0.1, 0.15) is 5.75 Å². The Hall–Kier alpha value is -2.06. The lowest BCUT2D eigenvalue weighted by Gasteiger charge is -2.09. The number of phenols is 1. The average molecular weight is 234 g/mol. The monoisotopic (exact) mass is 234 g/mol. The van der Waals surface area contributed by atoms with Gasteiger partial charge >= 0.3 is 5.97 Å². The van der Waals surface area contributed by atoms with Gasteiger partial charge in [-0.1, -0.05) is 6.07 Å². The maximum absolute atomic E-state index is 11.4. The van der Waals surface area contributed by atoms with Gasteiger partial charge in [-0.2, -0.15) is 5.26 Å². The van der Waals surface area contributed by atoms with Gasteiger partial charge in [-0.05, 0) is 18.6 Å². The molecule has 0 saturated carbocycles. The van der Waals surface area contributed by atoms with E-state index in [0.29, 0.717) is 5.56 Å². The molecule has 0 aliphatic heterocycles. The van der Waals surface area contributed by atoms with Crippen molar-refractivity contribution in [3.8, 4) is 11.8 Å². The number of nitriles is 1. The fraction of sp³-hybridized carbons (Fsp3) is 0.333. The normalized spacial score (nSPS) is 9.71. The Morgan fingerprint density at radius 1 is 1.59 bits per heavy atom. The first-order chi connectivity index (χ1) is 8.13. The molecule has 0 spiro atoms. The molecule has 1 aromatic carbocycles. The number of carbonyl (C=O) groups is 1. The molecule has 90 valence electrons. The quantitative estimate of drug-likeness (QED) is 0.752. The molecule has 0 amide bonds. The maximum Gasteiger partial charge on any atom is 0.310 e. The minimum Gasteiger partial charge on any atom is -0.508 e. The van der Waals surface area contributed by atoms with Gasteiger partial charge in [-0.25, -0.2) is 0 Å². The molecule has 0 aromatic heterocycles. The lowest BCUT2D eigenvalue weighted by Crippen LogP contribution is -2.11. The van der Waals surface area contributed by atoms with Crippen molar-refractivity contribution in [1.29, 1.82) is 5.26 Å². The number of aromatic hydroxyl groups is 1. The number of hydrogen-bond acceptors (Lipinski definition) is 5. The Morgan fingerprint density at radius 3 is 2.82 bits per heavy atom. The Morgan fingerprint density at radius 2 is 2.29 bits per heavy atom. The smallest absolute Gasteiger partial charge is 0.310 e. The van der Waals surface area contributed by atoms with Crippen LogP contribution in [0, 0.1) is 11.3 Å². The zero-order valence-corrected chi connectivity index (χ0v) is 9.56. The molecule has 1 rings (SSSR count). The highest BCUT2D eigenvalue weighted by atomic mass is 16.5. The van der Waals surface area contributed by atoms with Gasteiger partial charge in [0.05, 0.1) is 24.7 Å². The third-order valence-corrected chi connectivity index (χ3v) is 2.33. The van der Waals surface area contributed by atoms with Crippen LogP contribution in [0.1, 0.15) is 23.6 Å². The Bertz CT molecular complexity index is 464. The molecule has 5 heteroatoms. The summed E-state index contributed by atoms with van der Waals surface area (Å²) in [7, 11) is 0. The molecule has 0 atom stereocenters. The van der Waals surface area contributed by atoms with Crippen LogP contribution in [0.2, 0.25) is 0 Å². The summed E-state index contributed by atoms with van der Waals surface area (Å²) in [6, 6.07) is 4.96. The number of rotatable bonds is 4. The molecule has 0 fully saturated rings. The number of benzene rings is 1. The van der Waals surface area contributed by atoms with E-state index in [1.165, 1.54) is 6.07 Å². The molecular formula is C12H14N2O3. The Balaban J connectivity index is 3.13. The molecule has 0 aliphatic carbocycles. The van der Waals surface area contributed by atoms with E-state index in [0.717, 1.165) is 0 Å². The highest BCUT2D eigenvalue weighted by molar-refractivity contribution is 5.75. The van der Waals surface area contributed by atoms with Crippen molar-refractivity contribution in [3.05, 3.63) is 28.8 Å². The SMILES string of the molecule is CCOC(=O)Cc1c(O)ccc(CN)c1C#N. The molecule has 0 unspecified atom stereocenters. The summed E-state index contributed by atoms with van der Waals surface area (Å²) in [6.07, 6.45) is -0.129. The molecule has 0 heterocycles. The minimum atomic E-state index is -0.478. The fourth-order valence-electron chi connectivity index (χ4n) is 1.53. The number of carbonyl (C=O) groups excluding carboxylic acids is 1. The standard InChI is InChI=1S/C12H14N2O3/c1-2-17-12(16)5-9-10(7-14)8(6-13)3-4-11(9)15/h3-4,15H,2,5-6,13H2,1H3. The molecule has 0 bridgehead atoms. The van der Waals surface area contributed by atoms with Gasteiger partial charge in [0, 0.05) is 12.1 Å². The second kappa shape index (κ2) is 5.87. The van der Waals surface area contributed by atoms with E-state index in [9.17, 15) is 9.90 Å². The summed E-state index contributed by atoms with van der Waals surface area (Å²) in [6.45, 7) is 2.14. The molecule has 0 radical (unpaired) electrons. The number of hydrogen-bond donors (Lipinski definition) is 2. The van der Waals surface area contributed by atoms with Crippen LogP contribution in [0.3, 0.4) is 0 Å². The van der Waals surface area contributed by atoms with Gasteiger partial charge in [0.25, 0.3) is 0 Å². The predicted octanol–water partition coefficient (Wildman–Crippen LogP) is 0.828. The molecule has 5 nitrogen and oxygen atoms in total. The van der Waals surface area contributed by atoms with Gasteiger partial charge in [-0.3, -0.25) is 4.79 Å². The van der Waals surface area contributed by atoms with Crippen molar-refractivity contribution in [2.24, 2.45) is 5.73 Å². The summed E-state index contributed by atoms with van der Waals surface area (Å²) in [5.74, 6) is -0.569. The summed E-state index contributed by atoms with van der Waals surface area (Å²) >= 11 is 0. The largest absolute Gasteiger partial charge is 0.508 e. The van der Waals surface area contributed by atoms with Crippen LogP contribution in [-0.2, 0) is 22.5 Å². The second-order valence-electron chi connectivity index (χ2n) is 3.40.